The molecule has 0 radical (unpaired) electrons. The molecule has 1 aromatic heterocycles. The van der Waals surface area contributed by atoms with E-state index >= 15 is 0 Å². The van der Waals surface area contributed by atoms with Gasteiger partial charge in [0, 0.05) is 42.6 Å². The number of rotatable bonds is 5. The summed E-state index contributed by atoms with van der Waals surface area (Å²) in [5.74, 6) is -0.444. The first kappa shape index (κ1) is 21.2. The zero-order chi connectivity index (χ0) is 22.2. The number of benzene rings is 2. The Morgan fingerprint density at radius 3 is 2.34 bits per heavy atom. The minimum Gasteiger partial charge on any atom is -0.368 e. The number of halogens is 1. The van der Waals surface area contributed by atoms with Crippen LogP contribution in [0.25, 0.3) is 0 Å². The molecule has 2 aliphatic heterocycles. The van der Waals surface area contributed by atoms with E-state index in [2.05, 4.69) is 28.2 Å². The molecule has 2 aromatic carbocycles. The van der Waals surface area contributed by atoms with Gasteiger partial charge in [-0.05, 0) is 53.8 Å². The quantitative estimate of drug-likeness (QED) is 0.506. The lowest BCUT2D eigenvalue weighted by Crippen LogP contribution is -2.46. The third kappa shape index (κ3) is 3.94. The monoisotopic (exact) mass is 465 g/mol. The molecule has 3 heterocycles. The zero-order valence-corrected chi connectivity index (χ0v) is 19.5. The smallest absolute Gasteiger partial charge is 0.263 e. The van der Waals surface area contributed by atoms with Crippen molar-refractivity contribution in [3.05, 3.63) is 86.1 Å². The summed E-state index contributed by atoms with van der Waals surface area (Å²) in [4.78, 5) is 33.8. The first-order chi connectivity index (χ1) is 15.5. The number of anilines is 1. The molecule has 0 unspecified atom stereocenters. The van der Waals surface area contributed by atoms with Gasteiger partial charge in [-0.2, -0.15) is 0 Å². The van der Waals surface area contributed by atoms with Crippen LogP contribution in [0.3, 0.4) is 0 Å². The summed E-state index contributed by atoms with van der Waals surface area (Å²) in [6, 6.07) is 15.0. The third-order valence-corrected chi connectivity index (χ3v) is 7.54. The number of carbonyl (C=O) groups excluding carboxylic acids is 2. The molecule has 2 aliphatic rings. The Morgan fingerprint density at radius 1 is 0.906 bits per heavy atom. The van der Waals surface area contributed by atoms with Crippen molar-refractivity contribution in [2.45, 2.75) is 20.0 Å². The van der Waals surface area contributed by atoms with Crippen molar-refractivity contribution < 1.29 is 9.59 Å². The SMILES string of the molecule is Cc1ccsc1CN1CCN(c2cccc3c2C(=O)N(Cc2ccc(Cl)cc2)C3=O)CC1. The lowest BCUT2D eigenvalue weighted by molar-refractivity contribution is 0.0642. The summed E-state index contributed by atoms with van der Waals surface area (Å²) >= 11 is 7.78. The van der Waals surface area contributed by atoms with Crippen molar-refractivity contribution in [3.8, 4) is 0 Å². The fourth-order valence-corrected chi connectivity index (χ4v) is 5.48. The van der Waals surface area contributed by atoms with E-state index in [0.717, 1.165) is 44.0 Å². The summed E-state index contributed by atoms with van der Waals surface area (Å²) in [7, 11) is 0. The fourth-order valence-electron chi connectivity index (χ4n) is 4.41. The number of thiophene rings is 1. The van der Waals surface area contributed by atoms with E-state index in [1.165, 1.54) is 15.3 Å². The topological polar surface area (TPSA) is 43.9 Å². The highest BCUT2D eigenvalue weighted by molar-refractivity contribution is 7.10. The summed E-state index contributed by atoms with van der Waals surface area (Å²) < 4.78 is 0. The molecule has 0 aliphatic carbocycles. The molecule has 5 nitrogen and oxygen atoms in total. The Morgan fingerprint density at radius 2 is 1.66 bits per heavy atom. The molecule has 0 spiro atoms. The van der Waals surface area contributed by atoms with Crippen LogP contribution in [-0.2, 0) is 13.1 Å². The maximum Gasteiger partial charge on any atom is 0.263 e. The van der Waals surface area contributed by atoms with Crippen LogP contribution < -0.4 is 4.90 Å². The Balaban J connectivity index is 1.32. The number of aryl methyl sites for hydroxylation is 1. The van der Waals surface area contributed by atoms with Crippen molar-refractivity contribution in [2.75, 3.05) is 31.1 Å². The van der Waals surface area contributed by atoms with Gasteiger partial charge in [0.1, 0.15) is 0 Å². The molecule has 164 valence electrons. The van der Waals surface area contributed by atoms with Crippen LogP contribution in [0, 0.1) is 6.92 Å². The second kappa shape index (κ2) is 8.70. The molecule has 0 saturated carbocycles. The summed E-state index contributed by atoms with van der Waals surface area (Å²) in [6.07, 6.45) is 0. The number of piperazine rings is 1. The van der Waals surface area contributed by atoms with Gasteiger partial charge in [-0.1, -0.05) is 29.8 Å². The Bertz CT molecular complexity index is 1170. The lowest BCUT2D eigenvalue weighted by Gasteiger charge is -2.36. The van der Waals surface area contributed by atoms with Crippen molar-refractivity contribution >= 4 is 40.4 Å². The standard InChI is InChI=1S/C25H24ClN3O2S/c1-17-9-14-32-22(17)16-27-10-12-28(13-11-27)21-4-2-3-20-23(21)25(31)29(24(20)30)15-18-5-7-19(26)8-6-18/h2-9,14H,10-13,15-16H2,1H3. The number of amides is 2. The molecular weight excluding hydrogens is 442 g/mol. The van der Waals surface area contributed by atoms with E-state index in [0.29, 0.717) is 16.1 Å². The van der Waals surface area contributed by atoms with Crippen LogP contribution >= 0.6 is 22.9 Å². The Kier molecular flexibility index (Phi) is 5.76. The van der Waals surface area contributed by atoms with E-state index in [-0.39, 0.29) is 18.4 Å². The highest BCUT2D eigenvalue weighted by Crippen LogP contribution is 2.33. The Labute approximate surface area is 196 Å². The highest BCUT2D eigenvalue weighted by Gasteiger charge is 2.38. The molecule has 5 rings (SSSR count). The van der Waals surface area contributed by atoms with Crippen molar-refractivity contribution in [1.82, 2.24) is 9.80 Å². The molecule has 7 heteroatoms. The number of imide groups is 1. The predicted octanol–water partition coefficient (Wildman–Crippen LogP) is 4.83. The number of carbonyl (C=O) groups is 2. The maximum atomic E-state index is 13.3. The number of hydrogen-bond acceptors (Lipinski definition) is 5. The largest absolute Gasteiger partial charge is 0.368 e. The van der Waals surface area contributed by atoms with Crippen LogP contribution in [0.15, 0.2) is 53.9 Å². The van der Waals surface area contributed by atoms with Gasteiger partial charge in [-0.3, -0.25) is 19.4 Å². The minimum absolute atomic E-state index is 0.216. The van der Waals surface area contributed by atoms with E-state index in [9.17, 15) is 9.59 Å². The third-order valence-electron chi connectivity index (χ3n) is 6.28. The van der Waals surface area contributed by atoms with Crippen LogP contribution in [0.4, 0.5) is 5.69 Å². The second-order valence-corrected chi connectivity index (χ2v) is 9.75. The molecule has 0 N–H and O–H groups in total. The number of nitrogens with zero attached hydrogens (tertiary/aromatic N) is 3. The van der Waals surface area contributed by atoms with Crippen LogP contribution in [0.2, 0.25) is 5.02 Å². The molecule has 0 bridgehead atoms. The summed E-state index contributed by atoms with van der Waals surface area (Å²) in [5, 5.41) is 2.78. The van der Waals surface area contributed by atoms with Crippen LogP contribution in [-0.4, -0.2) is 47.8 Å². The first-order valence-electron chi connectivity index (χ1n) is 10.7. The van der Waals surface area contributed by atoms with E-state index < -0.39 is 0 Å². The van der Waals surface area contributed by atoms with E-state index in [1.807, 2.05) is 35.6 Å². The molecule has 1 saturated heterocycles. The molecule has 32 heavy (non-hydrogen) atoms. The molecule has 0 atom stereocenters. The van der Waals surface area contributed by atoms with E-state index in [1.54, 1.807) is 18.2 Å². The number of hydrogen-bond donors (Lipinski definition) is 0. The Hall–Kier alpha value is -2.67. The zero-order valence-electron chi connectivity index (χ0n) is 17.9. The van der Waals surface area contributed by atoms with Gasteiger partial charge in [-0.25, -0.2) is 0 Å². The molecular formula is C25H24ClN3O2S. The van der Waals surface area contributed by atoms with Gasteiger partial charge < -0.3 is 4.90 Å². The molecule has 2 amide bonds. The van der Waals surface area contributed by atoms with Crippen LogP contribution in [0.5, 0.6) is 0 Å². The average Bonchev–Trinajstić information content (AvgIpc) is 3.31. The molecule has 1 fully saturated rings. The van der Waals surface area contributed by atoms with E-state index in [4.69, 9.17) is 11.6 Å². The second-order valence-electron chi connectivity index (χ2n) is 8.31. The average molecular weight is 466 g/mol. The van der Waals surface area contributed by atoms with Crippen molar-refractivity contribution in [1.29, 1.82) is 0 Å². The lowest BCUT2D eigenvalue weighted by atomic mass is 10.1. The van der Waals surface area contributed by atoms with Gasteiger partial charge in [0.15, 0.2) is 0 Å². The first-order valence-corrected chi connectivity index (χ1v) is 12.0. The van der Waals surface area contributed by atoms with Gasteiger partial charge >= 0.3 is 0 Å². The van der Waals surface area contributed by atoms with Crippen molar-refractivity contribution in [2.24, 2.45) is 0 Å². The van der Waals surface area contributed by atoms with Gasteiger partial charge in [0.2, 0.25) is 0 Å². The highest BCUT2D eigenvalue weighted by atomic mass is 35.5. The number of fused-ring (bicyclic) bond motifs is 1. The molecule has 3 aromatic rings. The normalized spacial score (nSPS) is 16.7. The van der Waals surface area contributed by atoms with Crippen LogP contribution in [0.1, 0.15) is 36.7 Å². The summed E-state index contributed by atoms with van der Waals surface area (Å²) in [6.45, 7) is 6.90. The maximum absolute atomic E-state index is 13.3. The minimum atomic E-state index is -0.228. The van der Waals surface area contributed by atoms with Gasteiger partial charge in [0.25, 0.3) is 11.8 Å². The predicted molar refractivity (Wildman–Crippen MR) is 129 cm³/mol. The summed E-state index contributed by atoms with van der Waals surface area (Å²) in [5.41, 5.74) is 4.13. The fraction of sp³-hybridized carbons (Fsp3) is 0.280. The van der Waals surface area contributed by atoms with Gasteiger partial charge in [-0.15, -0.1) is 11.3 Å². The van der Waals surface area contributed by atoms with Crippen molar-refractivity contribution in [3.63, 3.8) is 0 Å². The van der Waals surface area contributed by atoms with Gasteiger partial charge in [0.05, 0.1) is 23.4 Å².